The molecule has 2 rings (SSSR count). The number of fused-ring (bicyclic) bond motifs is 1. The number of thiol groups is 1. The van der Waals surface area contributed by atoms with Crippen molar-refractivity contribution < 1.29 is 4.74 Å². The molecule has 0 atom stereocenters. The number of nitrogens with zero attached hydrogens (tertiary/aromatic N) is 1. The first-order chi connectivity index (χ1) is 6.77. The van der Waals surface area contributed by atoms with Crippen molar-refractivity contribution in [3.8, 4) is 11.8 Å². The lowest BCUT2D eigenvalue weighted by Gasteiger charge is -2.05. The monoisotopic (exact) mass is 221 g/mol. The minimum Gasteiger partial charge on any atom is -0.495 e. The first-order valence-electron chi connectivity index (χ1n) is 3.95. The molecule has 0 aliphatic carbocycles. The molecule has 2 nitrogen and oxygen atoms in total. The van der Waals surface area contributed by atoms with E-state index in [2.05, 4.69) is 18.7 Å². The van der Waals surface area contributed by atoms with Gasteiger partial charge in [-0.1, -0.05) is 0 Å². The molecule has 0 N–H and O–H groups in total. The second-order valence-electron chi connectivity index (χ2n) is 2.75. The van der Waals surface area contributed by atoms with Gasteiger partial charge in [0, 0.05) is 10.3 Å². The number of ether oxygens (including phenoxy) is 1. The molecule has 0 radical (unpaired) electrons. The number of hydrogen-bond acceptors (Lipinski definition) is 4. The minimum absolute atomic E-state index is 0.654. The lowest BCUT2D eigenvalue weighted by atomic mass is 10.1. The molecule has 0 saturated heterocycles. The molecule has 0 aliphatic heterocycles. The van der Waals surface area contributed by atoms with Gasteiger partial charge in [0.2, 0.25) is 0 Å². The van der Waals surface area contributed by atoms with Crippen LogP contribution in [0.2, 0.25) is 0 Å². The summed E-state index contributed by atoms with van der Waals surface area (Å²) in [4.78, 5) is 0.704. The lowest BCUT2D eigenvalue weighted by molar-refractivity contribution is 0.410. The predicted octanol–water partition coefficient (Wildman–Crippen LogP) is 3.07. The Labute approximate surface area is 91.1 Å². The highest BCUT2D eigenvalue weighted by atomic mass is 32.1. The van der Waals surface area contributed by atoms with Gasteiger partial charge in [0.1, 0.15) is 11.8 Å². The zero-order valence-electron chi connectivity index (χ0n) is 7.44. The lowest BCUT2D eigenvalue weighted by Crippen LogP contribution is -1.87. The Kier molecular flexibility index (Phi) is 2.36. The summed E-state index contributed by atoms with van der Waals surface area (Å²) in [7, 11) is 1.61. The Morgan fingerprint density at radius 2 is 2.36 bits per heavy atom. The van der Waals surface area contributed by atoms with Gasteiger partial charge in [0.05, 0.1) is 17.4 Å². The highest BCUT2D eigenvalue weighted by Gasteiger charge is 2.11. The van der Waals surface area contributed by atoms with Crippen LogP contribution in [0, 0.1) is 11.3 Å². The van der Waals surface area contributed by atoms with Gasteiger partial charge in [-0.05, 0) is 17.5 Å². The van der Waals surface area contributed by atoms with Crippen molar-refractivity contribution in [3.05, 3.63) is 23.1 Å². The summed E-state index contributed by atoms with van der Waals surface area (Å²) in [6.45, 7) is 0. The zero-order valence-corrected chi connectivity index (χ0v) is 9.15. The Balaban J connectivity index is 2.90. The van der Waals surface area contributed by atoms with E-state index in [9.17, 15) is 0 Å². The van der Waals surface area contributed by atoms with E-state index in [0.717, 1.165) is 15.8 Å². The van der Waals surface area contributed by atoms with E-state index in [4.69, 9.17) is 10.00 Å². The molecule has 0 amide bonds. The quantitative estimate of drug-likeness (QED) is 0.751. The molecular formula is C10H7NOS2. The molecule has 0 unspecified atom stereocenters. The third-order valence-electron chi connectivity index (χ3n) is 1.99. The summed E-state index contributed by atoms with van der Waals surface area (Å²) in [5.74, 6) is 0.739. The van der Waals surface area contributed by atoms with Crippen molar-refractivity contribution in [2.75, 3.05) is 7.11 Å². The van der Waals surface area contributed by atoms with Crippen LogP contribution in [0.15, 0.2) is 22.4 Å². The van der Waals surface area contributed by atoms with Crippen LogP contribution >= 0.6 is 24.0 Å². The summed E-state index contributed by atoms with van der Waals surface area (Å²) >= 11 is 5.82. The van der Waals surface area contributed by atoms with E-state index in [1.807, 2.05) is 11.4 Å². The van der Waals surface area contributed by atoms with Gasteiger partial charge < -0.3 is 4.74 Å². The number of hydrogen-bond donors (Lipinski definition) is 1. The molecule has 0 aliphatic rings. The fraction of sp³-hybridized carbons (Fsp3) is 0.100. The summed E-state index contributed by atoms with van der Waals surface area (Å²) in [6.07, 6.45) is 0. The number of benzene rings is 1. The number of methoxy groups -OCH3 is 1. The molecule has 0 bridgehead atoms. The van der Waals surface area contributed by atoms with Gasteiger partial charge >= 0.3 is 0 Å². The highest BCUT2D eigenvalue weighted by molar-refractivity contribution is 7.80. The van der Waals surface area contributed by atoms with Crippen molar-refractivity contribution in [2.24, 2.45) is 0 Å². The van der Waals surface area contributed by atoms with E-state index < -0.39 is 0 Å². The molecular weight excluding hydrogens is 214 g/mol. The van der Waals surface area contributed by atoms with Gasteiger partial charge in [-0.3, -0.25) is 0 Å². The van der Waals surface area contributed by atoms with E-state index in [0.29, 0.717) is 10.5 Å². The zero-order chi connectivity index (χ0) is 10.1. The van der Waals surface area contributed by atoms with Crippen LogP contribution < -0.4 is 4.74 Å². The largest absolute Gasteiger partial charge is 0.495 e. The fourth-order valence-corrected chi connectivity index (χ4v) is 2.60. The maximum atomic E-state index is 8.92. The van der Waals surface area contributed by atoms with Crippen LogP contribution in [0.5, 0.6) is 5.75 Å². The maximum absolute atomic E-state index is 8.92. The third kappa shape index (κ3) is 1.26. The summed E-state index contributed by atoms with van der Waals surface area (Å²) < 4.78 is 6.20. The Bertz CT molecular complexity index is 525. The van der Waals surface area contributed by atoms with Crippen LogP contribution in [0.4, 0.5) is 0 Å². The maximum Gasteiger partial charge on any atom is 0.140 e. The van der Waals surface area contributed by atoms with Crippen LogP contribution in [0.3, 0.4) is 0 Å². The molecule has 1 heterocycles. The third-order valence-corrected chi connectivity index (χ3v) is 3.27. The van der Waals surface area contributed by atoms with Crippen molar-refractivity contribution in [1.82, 2.24) is 0 Å². The Morgan fingerprint density at radius 1 is 1.57 bits per heavy atom. The summed E-state index contributed by atoms with van der Waals surface area (Å²) in [5.41, 5.74) is 0.654. The van der Waals surface area contributed by atoms with E-state index in [-0.39, 0.29) is 0 Å². The van der Waals surface area contributed by atoms with E-state index in [1.165, 1.54) is 0 Å². The number of rotatable bonds is 1. The van der Waals surface area contributed by atoms with E-state index >= 15 is 0 Å². The highest BCUT2D eigenvalue weighted by Crippen LogP contribution is 2.37. The van der Waals surface area contributed by atoms with Crippen LogP contribution in [0.25, 0.3) is 10.1 Å². The van der Waals surface area contributed by atoms with Gasteiger partial charge in [-0.15, -0.1) is 24.0 Å². The smallest absolute Gasteiger partial charge is 0.140 e. The molecule has 70 valence electrons. The van der Waals surface area contributed by atoms with Crippen LogP contribution in [-0.2, 0) is 0 Å². The standard InChI is InChI=1S/C10H7NOS2/c1-12-9-7-2-3-14-10(7)6(5-11)4-8(9)13/h2-4,13H,1H3. The fourth-order valence-electron chi connectivity index (χ4n) is 1.40. The topological polar surface area (TPSA) is 33.0 Å². The molecule has 1 aromatic carbocycles. The van der Waals surface area contributed by atoms with Crippen molar-refractivity contribution >= 4 is 34.1 Å². The SMILES string of the molecule is COc1c(S)cc(C#N)c2sccc12. The average Bonchev–Trinajstić information content (AvgIpc) is 2.65. The van der Waals surface area contributed by atoms with Crippen molar-refractivity contribution in [1.29, 1.82) is 5.26 Å². The first-order valence-corrected chi connectivity index (χ1v) is 5.28. The minimum atomic E-state index is 0.654. The van der Waals surface area contributed by atoms with Crippen molar-refractivity contribution in [3.63, 3.8) is 0 Å². The second-order valence-corrected chi connectivity index (χ2v) is 4.15. The number of nitriles is 1. The predicted molar refractivity (Wildman–Crippen MR) is 60.3 cm³/mol. The molecule has 0 saturated carbocycles. The van der Waals surface area contributed by atoms with Crippen LogP contribution in [-0.4, -0.2) is 7.11 Å². The van der Waals surface area contributed by atoms with Gasteiger partial charge in [-0.2, -0.15) is 5.26 Å². The Morgan fingerprint density at radius 3 is 3.00 bits per heavy atom. The number of thiophene rings is 1. The molecule has 4 heteroatoms. The van der Waals surface area contributed by atoms with Gasteiger partial charge in [0.25, 0.3) is 0 Å². The molecule has 0 spiro atoms. The van der Waals surface area contributed by atoms with Crippen LogP contribution in [0.1, 0.15) is 5.56 Å². The van der Waals surface area contributed by atoms with Gasteiger partial charge in [0.15, 0.2) is 0 Å². The first kappa shape index (κ1) is 9.38. The summed E-state index contributed by atoms with van der Waals surface area (Å²) in [5, 5.41) is 11.8. The second kappa shape index (κ2) is 3.52. The molecule has 2 aromatic rings. The molecule has 0 fully saturated rings. The normalized spacial score (nSPS) is 10.1. The van der Waals surface area contributed by atoms with Gasteiger partial charge in [-0.25, -0.2) is 0 Å². The van der Waals surface area contributed by atoms with Crippen molar-refractivity contribution in [2.45, 2.75) is 4.90 Å². The van der Waals surface area contributed by atoms with E-state index in [1.54, 1.807) is 24.5 Å². The average molecular weight is 221 g/mol. The molecule has 14 heavy (non-hydrogen) atoms. The Hall–Kier alpha value is -1.18. The summed E-state index contributed by atoms with van der Waals surface area (Å²) in [6, 6.07) is 5.83. The molecule has 1 aromatic heterocycles.